The Bertz CT molecular complexity index is 1140. The molecule has 0 aromatic rings. The second-order valence-electron chi connectivity index (χ2n) is 15.9. The van der Waals surface area contributed by atoms with Crippen molar-refractivity contribution in [3.8, 4) is 0 Å². The largest absolute Gasteiger partial charge is 0.480 e. The number of phosphoric ester groups is 1. The number of carboxylic acids is 1. The molecule has 0 amide bonds. The molecule has 1 unspecified atom stereocenters. The van der Waals surface area contributed by atoms with E-state index in [1.54, 1.807) is 0 Å². The molecule has 0 heterocycles. The summed E-state index contributed by atoms with van der Waals surface area (Å²) < 4.78 is 32.7. The minimum absolute atomic E-state index is 0.137. The smallest absolute Gasteiger partial charge is 0.472 e. The lowest BCUT2D eigenvalue weighted by atomic mass is 10.0. The highest BCUT2D eigenvalue weighted by atomic mass is 31.2. The van der Waals surface area contributed by atoms with E-state index >= 15 is 0 Å². The minimum atomic E-state index is -4.72. The Hall–Kier alpha value is -2.30. The van der Waals surface area contributed by atoms with Crippen molar-refractivity contribution in [2.24, 2.45) is 5.73 Å². The van der Waals surface area contributed by atoms with Gasteiger partial charge in [0.15, 0.2) is 6.10 Å². The maximum atomic E-state index is 12.6. The second kappa shape index (κ2) is 42.4. The lowest BCUT2D eigenvalue weighted by Gasteiger charge is -2.20. The molecule has 12 heteroatoms. The number of unbranched alkanes of at least 4 members (excludes halogenated alkanes) is 24. The molecule has 11 nitrogen and oxygen atoms in total. The van der Waals surface area contributed by atoms with Crippen molar-refractivity contribution in [1.82, 2.24) is 0 Å². The first-order valence-corrected chi connectivity index (χ1v) is 25.0. The molecular formula is C47H86NO10P. The first-order valence-electron chi connectivity index (χ1n) is 23.5. The second-order valence-corrected chi connectivity index (χ2v) is 17.3. The number of carbonyl (C=O) groups excluding carboxylic acids is 2. The molecule has 0 aromatic heterocycles. The van der Waals surface area contributed by atoms with E-state index in [0.29, 0.717) is 12.8 Å². The number of rotatable bonds is 44. The number of aliphatic carboxylic acids is 1. The Morgan fingerprint density at radius 2 is 0.898 bits per heavy atom. The van der Waals surface area contributed by atoms with E-state index in [9.17, 15) is 23.8 Å². The molecule has 0 bridgehead atoms. The van der Waals surface area contributed by atoms with Gasteiger partial charge in [-0.2, -0.15) is 0 Å². The number of hydrogen-bond donors (Lipinski definition) is 3. The van der Waals surface area contributed by atoms with E-state index in [-0.39, 0.29) is 19.4 Å². The van der Waals surface area contributed by atoms with Gasteiger partial charge >= 0.3 is 25.7 Å². The Labute approximate surface area is 359 Å². The molecule has 0 aliphatic rings. The van der Waals surface area contributed by atoms with Gasteiger partial charge in [-0.1, -0.05) is 185 Å². The summed E-state index contributed by atoms with van der Waals surface area (Å²) in [6, 6.07) is -1.52. The molecule has 0 spiro atoms. The molecule has 0 radical (unpaired) electrons. The summed E-state index contributed by atoms with van der Waals surface area (Å²) in [4.78, 5) is 46.0. The highest BCUT2D eigenvalue weighted by Crippen LogP contribution is 2.43. The Morgan fingerprint density at radius 3 is 1.37 bits per heavy atom. The topological polar surface area (TPSA) is 172 Å². The van der Waals surface area contributed by atoms with Crippen molar-refractivity contribution in [3.05, 3.63) is 36.5 Å². The Morgan fingerprint density at radius 1 is 0.525 bits per heavy atom. The third-order valence-corrected chi connectivity index (χ3v) is 11.1. The van der Waals surface area contributed by atoms with Crippen molar-refractivity contribution >= 4 is 25.7 Å². The number of carbonyl (C=O) groups is 3. The van der Waals surface area contributed by atoms with E-state index in [1.807, 2.05) is 0 Å². The summed E-state index contributed by atoms with van der Waals surface area (Å²) >= 11 is 0. The molecule has 0 aliphatic heterocycles. The van der Waals surface area contributed by atoms with Gasteiger partial charge in [0.1, 0.15) is 12.6 Å². The number of nitrogens with two attached hydrogens (primary N) is 1. The average molecular weight is 856 g/mol. The number of ether oxygens (including phenoxy) is 2. The van der Waals surface area contributed by atoms with Gasteiger partial charge < -0.3 is 25.2 Å². The van der Waals surface area contributed by atoms with Crippen LogP contribution in [0.3, 0.4) is 0 Å². The number of phosphoric acid groups is 1. The quantitative estimate of drug-likeness (QED) is 0.0230. The van der Waals surface area contributed by atoms with Crippen LogP contribution in [0.15, 0.2) is 36.5 Å². The van der Waals surface area contributed by atoms with Crippen LogP contribution in [0.4, 0.5) is 0 Å². The zero-order valence-electron chi connectivity index (χ0n) is 37.3. The molecule has 0 fully saturated rings. The number of hydrogen-bond acceptors (Lipinski definition) is 9. The van der Waals surface area contributed by atoms with E-state index in [0.717, 1.165) is 64.2 Å². The van der Waals surface area contributed by atoms with Gasteiger partial charge in [-0.25, -0.2) is 4.57 Å². The van der Waals surface area contributed by atoms with Crippen LogP contribution >= 0.6 is 7.82 Å². The Balaban J connectivity index is 4.33. The fourth-order valence-electron chi connectivity index (χ4n) is 6.43. The van der Waals surface area contributed by atoms with Crippen molar-refractivity contribution in [2.45, 2.75) is 225 Å². The van der Waals surface area contributed by atoms with Gasteiger partial charge in [0.2, 0.25) is 0 Å². The summed E-state index contributed by atoms with van der Waals surface area (Å²) in [5.74, 6) is -2.40. The molecule has 0 aliphatic carbocycles. The van der Waals surface area contributed by atoms with Crippen molar-refractivity contribution in [1.29, 1.82) is 0 Å². The lowest BCUT2D eigenvalue weighted by molar-refractivity contribution is -0.161. The maximum Gasteiger partial charge on any atom is 0.472 e. The van der Waals surface area contributed by atoms with Crippen molar-refractivity contribution < 1.29 is 47.5 Å². The van der Waals surface area contributed by atoms with Gasteiger partial charge in [0.05, 0.1) is 13.2 Å². The van der Waals surface area contributed by atoms with Gasteiger partial charge in [0, 0.05) is 12.8 Å². The van der Waals surface area contributed by atoms with Gasteiger partial charge in [0.25, 0.3) is 0 Å². The molecule has 0 saturated heterocycles. The van der Waals surface area contributed by atoms with Crippen LogP contribution in [0.25, 0.3) is 0 Å². The highest BCUT2D eigenvalue weighted by Gasteiger charge is 2.28. The van der Waals surface area contributed by atoms with Crippen LogP contribution in [0, 0.1) is 0 Å². The van der Waals surface area contributed by atoms with Crippen LogP contribution in [0.1, 0.15) is 213 Å². The monoisotopic (exact) mass is 856 g/mol. The molecule has 0 rings (SSSR count). The number of esters is 2. The molecule has 4 N–H and O–H groups in total. The van der Waals surface area contributed by atoms with E-state index < -0.39 is 51.1 Å². The van der Waals surface area contributed by atoms with Crippen molar-refractivity contribution in [3.63, 3.8) is 0 Å². The van der Waals surface area contributed by atoms with Gasteiger partial charge in [-0.05, 0) is 51.4 Å². The van der Waals surface area contributed by atoms with Crippen LogP contribution in [-0.2, 0) is 37.5 Å². The van der Waals surface area contributed by atoms with Gasteiger partial charge in [-0.15, -0.1) is 0 Å². The normalized spacial score (nSPS) is 14.0. The molecule has 344 valence electrons. The minimum Gasteiger partial charge on any atom is -0.480 e. The van der Waals surface area contributed by atoms with Crippen LogP contribution < -0.4 is 5.73 Å². The molecule has 0 aromatic carbocycles. The van der Waals surface area contributed by atoms with Gasteiger partial charge in [-0.3, -0.25) is 23.4 Å². The van der Waals surface area contributed by atoms with E-state index in [1.165, 1.54) is 109 Å². The first-order chi connectivity index (χ1) is 28.6. The lowest BCUT2D eigenvalue weighted by Crippen LogP contribution is -2.34. The third-order valence-electron chi connectivity index (χ3n) is 10.1. The third kappa shape index (κ3) is 42.2. The van der Waals surface area contributed by atoms with Crippen LogP contribution in [-0.4, -0.2) is 59.9 Å². The summed E-state index contributed by atoms with van der Waals surface area (Å²) in [5.41, 5.74) is 5.34. The van der Waals surface area contributed by atoms with E-state index in [4.69, 9.17) is 24.8 Å². The number of allylic oxidation sites excluding steroid dienone is 6. The molecule has 0 saturated carbocycles. The summed E-state index contributed by atoms with van der Waals surface area (Å²) in [6.45, 7) is 2.78. The Kier molecular flexibility index (Phi) is 40.7. The maximum absolute atomic E-state index is 12.6. The first kappa shape index (κ1) is 56.7. The summed E-state index contributed by atoms with van der Waals surface area (Å²) in [5, 5.41) is 8.90. The zero-order valence-corrected chi connectivity index (χ0v) is 38.2. The predicted molar refractivity (Wildman–Crippen MR) is 240 cm³/mol. The molecule has 59 heavy (non-hydrogen) atoms. The average Bonchev–Trinajstić information content (AvgIpc) is 3.21. The van der Waals surface area contributed by atoms with E-state index in [2.05, 4.69) is 54.8 Å². The molecular weight excluding hydrogens is 769 g/mol. The SMILES string of the molecule is CCCCC/C=C\C/C=C\C/C=C\CCCCCCC(=O)O[C@H](COC(=O)CCCCCCCCCCCCCCCCCCCC)COP(=O)(O)OC[C@H](N)C(=O)O. The summed E-state index contributed by atoms with van der Waals surface area (Å²) in [6.07, 6.45) is 46.3. The molecule has 3 atom stereocenters. The summed E-state index contributed by atoms with van der Waals surface area (Å²) in [7, 11) is -4.72. The highest BCUT2D eigenvalue weighted by molar-refractivity contribution is 7.47. The van der Waals surface area contributed by atoms with Crippen molar-refractivity contribution in [2.75, 3.05) is 19.8 Å². The van der Waals surface area contributed by atoms with Crippen LogP contribution in [0.2, 0.25) is 0 Å². The fraction of sp³-hybridized carbons (Fsp3) is 0.809. The zero-order chi connectivity index (χ0) is 43.5. The standard InChI is InChI=1S/C47H86NO10P/c1-3-5-7-9-11-13-15-17-19-21-23-24-26-28-30-32-34-36-38-45(49)55-40-43(41-56-59(53,54)57-42-44(48)47(51)52)58-46(50)39-37-35-33-31-29-27-25-22-20-18-16-14-12-10-8-6-4-2/h12,14,18,20,25,27,43-44H,3-11,13,15-17,19,21-24,26,28-42,48H2,1-2H3,(H,51,52)(H,53,54)/b14-12-,20-18-,27-25-/t43-,44+/m1/s1. The number of carboxylic acid groups (broad SMARTS) is 1. The van der Waals surface area contributed by atoms with Crippen LogP contribution in [0.5, 0.6) is 0 Å². The predicted octanol–water partition coefficient (Wildman–Crippen LogP) is 12.8. The fourth-order valence-corrected chi connectivity index (χ4v) is 7.20.